The van der Waals surface area contributed by atoms with Crippen LogP contribution < -0.4 is 5.32 Å². The maximum Gasteiger partial charge on any atom is 0.324 e. The number of thiazole rings is 1. The maximum atomic E-state index is 14.8. The molecule has 8 nitrogen and oxygen atoms in total. The van der Waals surface area contributed by atoms with E-state index >= 15 is 0 Å². The Morgan fingerprint density at radius 2 is 1.69 bits per heavy atom. The first-order chi connectivity index (χ1) is 14.6. The summed E-state index contributed by atoms with van der Waals surface area (Å²) in [6.07, 6.45) is -0.444. The molecule has 0 saturated carbocycles. The number of aromatic nitrogens is 1. The van der Waals surface area contributed by atoms with Gasteiger partial charge in [0.2, 0.25) is 19.7 Å². The highest BCUT2D eigenvalue weighted by molar-refractivity contribution is 7.93. The number of alkyl halides is 1. The van der Waals surface area contributed by atoms with E-state index in [2.05, 4.69) is 10.3 Å². The van der Waals surface area contributed by atoms with E-state index in [0.717, 1.165) is 11.3 Å². The first-order valence-corrected chi connectivity index (χ1v) is 12.4. The van der Waals surface area contributed by atoms with Crippen molar-refractivity contribution in [2.45, 2.75) is 75.1 Å². The molecule has 0 aliphatic carbocycles. The largest absolute Gasteiger partial charge is 0.460 e. The lowest BCUT2D eigenvalue weighted by atomic mass is 10.1. The molecule has 0 amide bonds. The van der Waals surface area contributed by atoms with Gasteiger partial charge >= 0.3 is 11.9 Å². The molecule has 0 saturated heterocycles. The number of ether oxygens (including phenoxy) is 2. The maximum absolute atomic E-state index is 14.8. The third-order valence-corrected chi connectivity index (χ3v) is 7.06. The summed E-state index contributed by atoms with van der Waals surface area (Å²) in [7, 11) is -4.40. The van der Waals surface area contributed by atoms with E-state index in [4.69, 9.17) is 9.47 Å². The standard InChI is InChI=1S/C21H29FN2O6S2/c1-20(2,3)29-17(25)11-14(18(26)30-21(4,5)6)23-12-16(22)32(27,28)19-24-13-9-7-8-10-15(13)31-19/h7-10,14,16,23H,11-12H2,1-6H3/t14-,16?/m0/s1. The molecule has 1 heterocycles. The van der Waals surface area contributed by atoms with Crippen LogP contribution in [0.3, 0.4) is 0 Å². The summed E-state index contributed by atoms with van der Waals surface area (Å²) < 4.78 is 50.9. The van der Waals surface area contributed by atoms with Crippen LogP contribution in [-0.2, 0) is 28.9 Å². The van der Waals surface area contributed by atoms with Crippen molar-refractivity contribution in [3.05, 3.63) is 24.3 Å². The number of esters is 2. The highest BCUT2D eigenvalue weighted by Gasteiger charge is 2.34. The van der Waals surface area contributed by atoms with Crippen LogP contribution in [0.4, 0.5) is 4.39 Å². The summed E-state index contributed by atoms with van der Waals surface area (Å²) in [6, 6.07) is 5.47. The van der Waals surface area contributed by atoms with E-state index < -0.39 is 57.5 Å². The van der Waals surface area contributed by atoms with Gasteiger partial charge in [-0.1, -0.05) is 12.1 Å². The zero-order valence-corrected chi connectivity index (χ0v) is 20.6. The zero-order chi connectivity index (χ0) is 24.3. The first-order valence-electron chi connectivity index (χ1n) is 10.00. The summed E-state index contributed by atoms with van der Waals surface area (Å²) in [5, 5.41) is 2.52. The number of rotatable bonds is 8. The molecule has 1 aromatic heterocycles. The summed E-state index contributed by atoms with van der Waals surface area (Å²) >= 11 is 0.865. The van der Waals surface area contributed by atoms with E-state index in [1.165, 1.54) is 0 Å². The normalized spacial score (nSPS) is 14.7. The number of fused-ring (bicyclic) bond motifs is 1. The Hall–Kier alpha value is -2.11. The molecule has 1 unspecified atom stereocenters. The van der Waals surface area contributed by atoms with Crippen molar-refractivity contribution in [2.24, 2.45) is 0 Å². The highest BCUT2D eigenvalue weighted by atomic mass is 32.2. The minimum Gasteiger partial charge on any atom is -0.460 e. The topological polar surface area (TPSA) is 112 Å². The second-order valence-corrected chi connectivity index (χ2v) is 12.5. The van der Waals surface area contributed by atoms with Crippen LogP contribution in [0.5, 0.6) is 0 Å². The van der Waals surface area contributed by atoms with Crippen molar-refractivity contribution >= 4 is 43.3 Å². The zero-order valence-electron chi connectivity index (χ0n) is 19.0. The fourth-order valence-corrected chi connectivity index (χ4v) is 5.09. The minimum absolute atomic E-state index is 0.353. The Kier molecular flexibility index (Phi) is 8.01. The van der Waals surface area contributed by atoms with Crippen molar-refractivity contribution in [1.82, 2.24) is 10.3 Å². The lowest BCUT2D eigenvalue weighted by molar-refractivity contribution is -0.164. The molecule has 0 aliphatic rings. The highest BCUT2D eigenvalue weighted by Crippen LogP contribution is 2.28. The molecule has 0 aliphatic heterocycles. The molecule has 178 valence electrons. The smallest absolute Gasteiger partial charge is 0.324 e. The molecule has 0 radical (unpaired) electrons. The fraction of sp³-hybridized carbons (Fsp3) is 0.571. The molecule has 0 spiro atoms. The molecule has 0 fully saturated rings. The molecule has 0 bridgehead atoms. The second kappa shape index (κ2) is 9.80. The fourth-order valence-electron chi connectivity index (χ4n) is 2.59. The van der Waals surface area contributed by atoms with Crippen LogP contribution in [0.1, 0.15) is 48.0 Å². The Balaban J connectivity index is 2.15. The minimum atomic E-state index is -4.40. The first kappa shape index (κ1) is 26.1. The lowest BCUT2D eigenvalue weighted by Gasteiger charge is -2.26. The number of nitrogens with one attached hydrogen (secondary N) is 1. The van der Waals surface area contributed by atoms with Gasteiger partial charge in [-0.15, -0.1) is 11.3 Å². The van der Waals surface area contributed by atoms with Crippen LogP contribution in [-0.4, -0.2) is 54.6 Å². The van der Waals surface area contributed by atoms with E-state index in [0.29, 0.717) is 10.2 Å². The molecule has 11 heteroatoms. The molecule has 32 heavy (non-hydrogen) atoms. The number of nitrogens with zero attached hydrogens (tertiary/aromatic N) is 1. The number of hydrogen-bond donors (Lipinski definition) is 1. The molecular formula is C21H29FN2O6S2. The van der Waals surface area contributed by atoms with Gasteiger partial charge in [0.25, 0.3) is 0 Å². The summed E-state index contributed by atoms with van der Waals surface area (Å²) in [5.41, 5.74) is -3.57. The van der Waals surface area contributed by atoms with E-state index in [-0.39, 0.29) is 4.34 Å². The summed E-state index contributed by atoms with van der Waals surface area (Å²) in [6.45, 7) is 9.21. The van der Waals surface area contributed by atoms with Crippen molar-refractivity contribution < 1.29 is 31.9 Å². The molecule has 2 atom stereocenters. The number of benzene rings is 1. The number of hydrogen-bond acceptors (Lipinski definition) is 9. The van der Waals surface area contributed by atoms with Gasteiger partial charge < -0.3 is 9.47 Å². The van der Waals surface area contributed by atoms with E-state index in [1.807, 2.05) is 0 Å². The number of carbonyl (C=O) groups excluding carboxylic acids is 2. The van der Waals surface area contributed by atoms with Crippen LogP contribution in [0.2, 0.25) is 0 Å². The van der Waals surface area contributed by atoms with Gasteiger partial charge in [-0.3, -0.25) is 14.9 Å². The van der Waals surface area contributed by atoms with Crippen LogP contribution in [0.25, 0.3) is 10.2 Å². The van der Waals surface area contributed by atoms with Crippen molar-refractivity contribution in [2.75, 3.05) is 6.54 Å². The summed E-state index contributed by atoms with van der Waals surface area (Å²) in [4.78, 5) is 28.7. The van der Waals surface area contributed by atoms with Crippen molar-refractivity contribution in [1.29, 1.82) is 0 Å². The average molecular weight is 489 g/mol. The van der Waals surface area contributed by atoms with Crippen LogP contribution in [0.15, 0.2) is 28.6 Å². The van der Waals surface area contributed by atoms with Crippen LogP contribution >= 0.6 is 11.3 Å². The van der Waals surface area contributed by atoms with Gasteiger partial charge in [0.1, 0.15) is 17.2 Å². The Bertz CT molecular complexity index is 1040. The molecule has 2 aromatic rings. The van der Waals surface area contributed by atoms with E-state index in [9.17, 15) is 22.4 Å². The molecule has 1 aromatic carbocycles. The van der Waals surface area contributed by atoms with Gasteiger partial charge in [-0.2, -0.15) is 0 Å². The lowest BCUT2D eigenvalue weighted by Crippen LogP contribution is -2.46. The van der Waals surface area contributed by atoms with Gasteiger partial charge in [-0.25, -0.2) is 17.8 Å². The number of sulfone groups is 1. The summed E-state index contributed by atoms with van der Waals surface area (Å²) in [5.74, 6) is -1.52. The van der Waals surface area contributed by atoms with E-state index in [1.54, 1.807) is 65.8 Å². The molecular weight excluding hydrogens is 459 g/mol. The quantitative estimate of drug-likeness (QED) is 0.563. The Morgan fingerprint density at radius 1 is 1.09 bits per heavy atom. The Morgan fingerprint density at radius 3 is 2.25 bits per heavy atom. The third-order valence-electron chi connectivity index (χ3n) is 3.86. The third kappa shape index (κ3) is 7.49. The number of para-hydroxylation sites is 1. The van der Waals surface area contributed by atoms with Gasteiger partial charge in [0, 0.05) is 6.54 Å². The monoisotopic (exact) mass is 488 g/mol. The predicted molar refractivity (Wildman–Crippen MR) is 120 cm³/mol. The SMILES string of the molecule is CC(C)(C)OC(=O)C[C@H](NCC(F)S(=O)(=O)c1nc2ccccc2s1)C(=O)OC(C)(C)C. The molecule has 2 rings (SSSR count). The number of halogens is 1. The Labute approximate surface area is 191 Å². The van der Waals surface area contributed by atoms with Gasteiger partial charge in [0.15, 0.2) is 0 Å². The predicted octanol–water partition coefficient (Wildman–Crippen LogP) is 3.40. The van der Waals surface area contributed by atoms with Gasteiger partial charge in [-0.05, 0) is 53.7 Å². The average Bonchev–Trinajstić information content (AvgIpc) is 3.06. The van der Waals surface area contributed by atoms with Gasteiger partial charge in [0.05, 0.1) is 16.6 Å². The van der Waals surface area contributed by atoms with Crippen LogP contribution in [0, 0.1) is 0 Å². The molecule has 1 N–H and O–H groups in total. The number of carbonyl (C=O) groups is 2. The van der Waals surface area contributed by atoms with Crippen molar-refractivity contribution in [3.63, 3.8) is 0 Å². The van der Waals surface area contributed by atoms with Crippen molar-refractivity contribution in [3.8, 4) is 0 Å². The second-order valence-electron chi connectivity index (χ2n) is 9.19.